The summed E-state index contributed by atoms with van der Waals surface area (Å²) in [7, 11) is 0. The monoisotopic (exact) mass is 262 g/mol. The molecule has 0 aromatic heterocycles. The molecule has 0 radical (unpaired) electrons. The van der Waals surface area contributed by atoms with Gasteiger partial charge in [0.05, 0.1) is 12.7 Å². The van der Waals surface area contributed by atoms with Gasteiger partial charge in [-0.15, -0.1) is 0 Å². The lowest BCUT2D eigenvalue weighted by molar-refractivity contribution is 0.0712. The number of hydrogen-bond donors (Lipinski definition) is 1. The lowest BCUT2D eigenvalue weighted by Gasteiger charge is -2.30. The zero-order chi connectivity index (χ0) is 13.7. The Hall–Kier alpha value is -1.02. The van der Waals surface area contributed by atoms with Crippen molar-refractivity contribution in [2.75, 3.05) is 6.61 Å². The summed E-state index contributed by atoms with van der Waals surface area (Å²) in [6.07, 6.45) is 5.50. The van der Waals surface area contributed by atoms with Crippen molar-refractivity contribution in [2.45, 2.75) is 52.1 Å². The first-order valence-electron chi connectivity index (χ1n) is 7.61. The van der Waals surface area contributed by atoms with Crippen LogP contribution >= 0.6 is 0 Å². The second-order valence-electron chi connectivity index (χ2n) is 5.90. The molecule has 2 nitrogen and oxygen atoms in total. The van der Waals surface area contributed by atoms with Crippen LogP contribution < -0.4 is 4.74 Å². The average molecular weight is 262 g/mol. The molecule has 1 saturated carbocycles. The van der Waals surface area contributed by atoms with Crippen molar-refractivity contribution in [3.8, 4) is 5.75 Å². The predicted octanol–water partition coefficient (Wildman–Crippen LogP) is 4.34. The third kappa shape index (κ3) is 3.97. The number of ether oxygens (including phenoxy) is 1. The minimum atomic E-state index is -0.340. The van der Waals surface area contributed by atoms with E-state index >= 15 is 0 Å². The Morgan fingerprint density at radius 3 is 2.95 bits per heavy atom. The first-order chi connectivity index (χ1) is 9.20. The highest BCUT2D eigenvalue weighted by Crippen LogP contribution is 2.37. The topological polar surface area (TPSA) is 29.5 Å². The van der Waals surface area contributed by atoms with Crippen LogP contribution in [0.2, 0.25) is 0 Å². The Kier molecular flexibility index (Phi) is 5.26. The molecule has 0 aliphatic heterocycles. The van der Waals surface area contributed by atoms with Gasteiger partial charge in [-0.3, -0.25) is 0 Å². The molecule has 106 valence electrons. The van der Waals surface area contributed by atoms with E-state index in [1.165, 1.54) is 12.8 Å². The molecular formula is C17H26O2. The van der Waals surface area contributed by atoms with E-state index in [2.05, 4.69) is 13.8 Å². The fourth-order valence-corrected chi connectivity index (χ4v) is 3.05. The van der Waals surface area contributed by atoms with Gasteiger partial charge in [-0.25, -0.2) is 0 Å². The van der Waals surface area contributed by atoms with Gasteiger partial charge in [0.25, 0.3) is 0 Å². The summed E-state index contributed by atoms with van der Waals surface area (Å²) >= 11 is 0. The SMILES string of the molecule is CCCOc1cccc(C(O)C2CCCC(C)C2)c1. The Bertz CT molecular complexity index is 389. The quantitative estimate of drug-likeness (QED) is 0.855. The lowest BCUT2D eigenvalue weighted by Crippen LogP contribution is -2.20. The average Bonchev–Trinajstić information content (AvgIpc) is 2.44. The number of aliphatic hydroxyl groups excluding tert-OH is 1. The Balaban J connectivity index is 2.03. The van der Waals surface area contributed by atoms with E-state index in [1.807, 2.05) is 24.3 Å². The van der Waals surface area contributed by atoms with Crippen molar-refractivity contribution in [1.29, 1.82) is 0 Å². The van der Waals surface area contributed by atoms with E-state index in [-0.39, 0.29) is 6.10 Å². The van der Waals surface area contributed by atoms with Crippen molar-refractivity contribution >= 4 is 0 Å². The van der Waals surface area contributed by atoms with Crippen molar-refractivity contribution in [2.24, 2.45) is 11.8 Å². The highest BCUT2D eigenvalue weighted by atomic mass is 16.5. The molecule has 0 bridgehead atoms. The Morgan fingerprint density at radius 2 is 2.21 bits per heavy atom. The molecular weight excluding hydrogens is 236 g/mol. The van der Waals surface area contributed by atoms with Crippen LogP contribution in [0.3, 0.4) is 0 Å². The Labute approximate surface area is 116 Å². The summed E-state index contributed by atoms with van der Waals surface area (Å²) < 4.78 is 5.64. The summed E-state index contributed by atoms with van der Waals surface area (Å²) in [5, 5.41) is 10.6. The number of aliphatic hydroxyl groups is 1. The van der Waals surface area contributed by atoms with Crippen LogP contribution in [0.4, 0.5) is 0 Å². The van der Waals surface area contributed by atoms with E-state index in [4.69, 9.17) is 4.74 Å². The standard InChI is InChI=1S/C17H26O2/c1-3-10-19-16-9-5-8-15(12-16)17(18)14-7-4-6-13(2)11-14/h5,8-9,12-14,17-18H,3-4,6-7,10-11H2,1-2H3. The molecule has 1 N–H and O–H groups in total. The lowest BCUT2D eigenvalue weighted by atomic mass is 9.78. The molecule has 19 heavy (non-hydrogen) atoms. The summed E-state index contributed by atoms with van der Waals surface area (Å²) in [6, 6.07) is 7.97. The summed E-state index contributed by atoms with van der Waals surface area (Å²) in [5.41, 5.74) is 1.01. The van der Waals surface area contributed by atoms with Crippen LogP contribution in [0, 0.1) is 11.8 Å². The third-order valence-corrected chi connectivity index (χ3v) is 4.10. The predicted molar refractivity (Wildman–Crippen MR) is 78.3 cm³/mol. The maximum atomic E-state index is 10.6. The van der Waals surface area contributed by atoms with E-state index in [9.17, 15) is 5.11 Å². The Morgan fingerprint density at radius 1 is 1.37 bits per heavy atom. The van der Waals surface area contributed by atoms with Crippen LogP contribution in [0.15, 0.2) is 24.3 Å². The van der Waals surface area contributed by atoms with Gasteiger partial charge in [-0.05, 0) is 48.8 Å². The van der Waals surface area contributed by atoms with Gasteiger partial charge >= 0.3 is 0 Å². The molecule has 1 aromatic carbocycles. The van der Waals surface area contributed by atoms with Crippen LogP contribution in [0.25, 0.3) is 0 Å². The van der Waals surface area contributed by atoms with Crippen LogP contribution in [-0.2, 0) is 0 Å². The first kappa shape index (κ1) is 14.4. The maximum absolute atomic E-state index is 10.6. The minimum Gasteiger partial charge on any atom is -0.494 e. The molecule has 2 heteroatoms. The van der Waals surface area contributed by atoms with Crippen LogP contribution in [-0.4, -0.2) is 11.7 Å². The molecule has 1 fully saturated rings. The molecule has 1 aromatic rings. The van der Waals surface area contributed by atoms with Crippen molar-refractivity contribution in [3.63, 3.8) is 0 Å². The van der Waals surface area contributed by atoms with E-state index in [1.54, 1.807) is 0 Å². The van der Waals surface area contributed by atoms with Crippen molar-refractivity contribution < 1.29 is 9.84 Å². The molecule has 3 unspecified atom stereocenters. The highest BCUT2D eigenvalue weighted by Gasteiger charge is 2.26. The van der Waals surface area contributed by atoms with Crippen molar-refractivity contribution in [1.82, 2.24) is 0 Å². The largest absolute Gasteiger partial charge is 0.494 e. The molecule has 0 spiro atoms. The van der Waals surface area contributed by atoms with Gasteiger partial charge < -0.3 is 9.84 Å². The van der Waals surface area contributed by atoms with E-state index < -0.39 is 0 Å². The van der Waals surface area contributed by atoms with Gasteiger partial charge in [0.2, 0.25) is 0 Å². The molecule has 0 heterocycles. The molecule has 3 atom stereocenters. The van der Waals surface area contributed by atoms with Gasteiger partial charge in [0.1, 0.15) is 5.75 Å². The number of benzene rings is 1. The zero-order valence-electron chi connectivity index (χ0n) is 12.1. The van der Waals surface area contributed by atoms with Gasteiger partial charge in [0, 0.05) is 0 Å². The summed E-state index contributed by atoms with van der Waals surface area (Å²) in [5.74, 6) is 2.03. The first-order valence-corrected chi connectivity index (χ1v) is 7.61. The van der Waals surface area contributed by atoms with Crippen LogP contribution in [0.1, 0.15) is 57.6 Å². The molecule has 0 saturated heterocycles. The van der Waals surface area contributed by atoms with Gasteiger partial charge in [0.15, 0.2) is 0 Å². The normalized spacial score (nSPS) is 25.0. The number of hydrogen-bond acceptors (Lipinski definition) is 2. The minimum absolute atomic E-state index is 0.340. The highest BCUT2D eigenvalue weighted by molar-refractivity contribution is 5.30. The number of rotatable bonds is 5. The molecule has 0 amide bonds. The smallest absolute Gasteiger partial charge is 0.119 e. The fraction of sp³-hybridized carbons (Fsp3) is 0.647. The summed E-state index contributed by atoms with van der Waals surface area (Å²) in [4.78, 5) is 0. The molecule has 1 aliphatic rings. The van der Waals surface area contributed by atoms with Gasteiger partial charge in [-0.2, -0.15) is 0 Å². The summed E-state index contributed by atoms with van der Waals surface area (Å²) in [6.45, 7) is 5.13. The van der Waals surface area contributed by atoms with Gasteiger partial charge in [-0.1, -0.05) is 38.8 Å². The third-order valence-electron chi connectivity index (χ3n) is 4.10. The molecule has 2 rings (SSSR count). The second kappa shape index (κ2) is 6.95. The molecule has 1 aliphatic carbocycles. The second-order valence-corrected chi connectivity index (χ2v) is 5.90. The van der Waals surface area contributed by atoms with Crippen molar-refractivity contribution in [3.05, 3.63) is 29.8 Å². The fourth-order valence-electron chi connectivity index (χ4n) is 3.05. The maximum Gasteiger partial charge on any atom is 0.119 e. The van der Waals surface area contributed by atoms with Crippen LogP contribution in [0.5, 0.6) is 5.75 Å². The zero-order valence-corrected chi connectivity index (χ0v) is 12.1. The van der Waals surface area contributed by atoms with E-state index in [0.717, 1.165) is 43.1 Å². The van der Waals surface area contributed by atoms with E-state index in [0.29, 0.717) is 5.92 Å².